The third-order valence-corrected chi connectivity index (χ3v) is 6.74. The van der Waals surface area contributed by atoms with Crippen LogP contribution in [0.1, 0.15) is 58.0 Å². The molecule has 0 aliphatic heterocycles. The standard InChI is InChI=1S/C20H26FNOS.C4H8OS/c1-12(11-20(5,6)15(4)23)13(2)18-14(3)24-19(22-18)16-7-9-17(21)10-8-16;1-3-4(6)5-2/h7-10,12,15,23H,2,11H2,1,3-6H3;3H2,1-2H3. The zero-order chi connectivity index (χ0) is 23.1. The molecule has 1 aromatic heterocycles. The van der Waals surface area contributed by atoms with Gasteiger partial charge in [-0.25, -0.2) is 9.37 Å². The maximum Gasteiger partial charge on any atom is 0.158 e. The molecular formula is C24H34FNO2S2. The highest BCUT2D eigenvalue weighted by atomic mass is 32.1. The normalized spacial score (nSPS) is 13.1. The largest absolute Gasteiger partial charge is 0.490 e. The molecule has 0 aliphatic carbocycles. The first kappa shape index (κ1) is 26.4. The summed E-state index contributed by atoms with van der Waals surface area (Å²) in [6.45, 7) is 16.4. The highest BCUT2D eigenvalue weighted by molar-refractivity contribution is 7.80. The number of aryl methyl sites for hydroxylation is 1. The van der Waals surface area contributed by atoms with Gasteiger partial charge in [-0.05, 0) is 73.7 Å². The average Bonchev–Trinajstić information content (AvgIpc) is 3.08. The van der Waals surface area contributed by atoms with Crippen LogP contribution in [0.25, 0.3) is 16.1 Å². The van der Waals surface area contributed by atoms with Crippen LogP contribution in [-0.2, 0) is 4.74 Å². The van der Waals surface area contributed by atoms with Crippen molar-refractivity contribution in [2.24, 2.45) is 11.3 Å². The Morgan fingerprint density at radius 2 is 1.87 bits per heavy atom. The molecule has 1 aromatic carbocycles. The Bertz CT molecular complexity index is 835. The van der Waals surface area contributed by atoms with E-state index in [0.717, 1.165) is 39.6 Å². The zero-order valence-electron chi connectivity index (χ0n) is 19.1. The maximum atomic E-state index is 13.1. The molecule has 2 unspecified atom stereocenters. The van der Waals surface area contributed by atoms with Gasteiger partial charge in [-0.1, -0.05) is 34.3 Å². The summed E-state index contributed by atoms with van der Waals surface area (Å²) in [6, 6.07) is 6.41. The van der Waals surface area contributed by atoms with Gasteiger partial charge in [0, 0.05) is 16.9 Å². The van der Waals surface area contributed by atoms with Gasteiger partial charge in [0.25, 0.3) is 0 Å². The Labute approximate surface area is 190 Å². The number of hydrogen-bond donors (Lipinski definition) is 1. The fourth-order valence-electron chi connectivity index (χ4n) is 2.87. The number of ether oxygens (including phenoxy) is 1. The van der Waals surface area contributed by atoms with Gasteiger partial charge < -0.3 is 9.84 Å². The molecule has 1 N–H and O–H groups in total. The molecule has 1 heterocycles. The van der Waals surface area contributed by atoms with Gasteiger partial charge in [0.05, 0.1) is 18.9 Å². The van der Waals surface area contributed by atoms with Crippen molar-refractivity contribution in [3.63, 3.8) is 0 Å². The van der Waals surface area contributed by atoms with Crippen molar-refractivity contribution in [3.05, 3.63) is 47.2 Å². The van der Waals surface area contributed by atoms with Crippen LogP contribution in [0.3, 0.4) is 0 Å². The Balaban J connectivity index is 0.000000656. The third kappa shape index (κ3) is 7.56. The van der Waals surface area contributed by atoms with Crippen LogP contribution in [0.4, 0.5) is 4.39 Å². The third-order valence-electron chi connectivity index (χ3n) is 5.27. The second-order valence-corrected chi connectivity index (χ2v) is 9.81. The molecule has 0 saturated carbocycles. The van der Waals surface area contributed by atoms with Crippen LogP contribution in [0.5, 0.6) is 0 Å². The molecule has 3 nitrogen and oxygen atoms in total. The molecular weight excluding hydrogens is 417 g/mol. The van der Waals surface area contributed by atoms with E-state index in [9.17, 15) is 9.50 Å². The van der Waals surface area contributed by atoms with Gasteiger partial charge in [0.1, 0.15) is 10.8 Å². The Morgan fingerprint density at radius 1 is 1.30 bits per heavy atom. The molecule has 2 aromatic rings. The molecule has 0 amide bonds. The van der Waals surface area contributed by atoms with Crippen LogP contribution in [0, 0.1) is 24.1 Å². The Morgan fingerprint density at radius 3 is 2.30 bits per heavy atom. The maximum absolute atomic E-state index is 13.1. The van der Waals surface area contributed by atoms with Gasteiger partial charge in [-0.15, -0.1) is 11.3 Å². The van der Waals surface area contributed by atoms with Crippen LogP contribution in [0.2, 0.25) is 0 Å². The summed E-state index contributed by atoms with van der Waals surface area (Å²) < 4.78 is 17.7. The number of aromatic nitrogens is 1. The van der Waals surface area contributed by atoms with E-state index in [0.29, 0.717) is 5.05 Å². The minimum Gasteiger partial charge on any atom is -0.490 e. The molecule has 2 atom stereocenters. The van der Waals surface area contributed by atoms with Gasteiger partial charge in [-0.2, -0.15) is 0 Å². The molecule has 0 spiro atoms. The summed E-state index contributed by atoms with van der Waals surface area (Å²) in [7, 11) is 1.59. The molecule has 166 valence electrons. The van der Waals surface area contributed by atoms with Crippen LogP contribution < -0.4 is 0 Å². The Kier molecular flexibility index (Phi) is 10.3. The molecule has 0 radical (unpaired) electrons. The topological polar surface area (TPSA) is 42.4 Å². The van der Waals surface area contributed by atoms with Gasteiger partial charge in [0.2, 0.25) is 0 Å². The summed E-state index contributed by atoms with van der Waals surface area (Å²) >= 11 is 6.23. The predicted molar refractivity (Wildman–Crippen MR) is 130 cm³/mol. The van der Waals surface area contributed by atoms with Crippen LogP contribution >= 0.6 is 23.6 Å². The number of thiocarbonyl (C=S) groups is 1. The molecule has 0 aliphatic rings. The van der Waals surface area contributed by atoms with Gasteiger partial charge >= 0.3 is 0 Å². The van der Waals surface area contributed by atoms with Crippen molar-refractivity contribution in [3.8, 4) is 10.6 Å². The first-order valence-corrected chi connectivity index (χ1v) is 11.3. The zero-order valence-corrected chi connectivity index (χ0v) is 20.7. The number of aliphatic hydroxyl groups excluding tert-OH is 1. The number of halogens is 1. The molecule has 6 heteroatoms. The summed E-state index contributed by atoms with van der Waals surface area (Å²) in [5, 5.41) is 11.5. The second-order valence-electron chi connectivity index (χ2n) is 8.16. The van der Waals surface area contributed by atoms with Crippen molar-refractivity contribution < 1.29 is 14.2 Å². The predicted octanol–water partition coefficient (Wildman–Crippen LogP) is 7.07. The molecule has 30 heavy (non-hydrogen) atoms. The highest BCUT2D eigenvalue weighted by Gasteiger charge is 2.28. The fourth-order valence-corrected chi connectivity index (χ4v) is 3.83. The van der Waals surface area contributed by atoms with Crippen molar-refractivity contribution in [2.75, 3.05) is 7.11 Å². The summed E-state index contributed by atoms with van der Waals surface area (Å²) in [5.41, 5.74) is 2.66. The lowest BCUT2D eigenvalue weighted by molar-refractivity contribution is 0.0537. The van der Waals surface area contributed by atoms with E-state index in [1.807, 2.05) is 20.8 Å². The molecule has 0 saturated heterocycles. The van der Waals surface area contributed by atoms with Crippen molar-refractivity contribution in [1.82, 2.24) is 4.98 Å². The quantitative estimate of drug-likeness (QED) is 0.457. The van der Waals surface area contributed by atoms with E-state index in [1.165, 1.54) is 12.1 Å². The minimum absolute atomic E-state index is 0.175. The Hall–Kier alpha value is -1.63. The number of benzene rings is 1. The van der Waals surface area contributed by atoms with Crippen molar-refractivity contribution in [1.29, 1.82) is 0 Å². The average molecular weight is 452 g/mol. The number of aliphatic hydroxyl groups is 1. The number of nitrogens with zero attached hydrogens (tertiary/aromatic N) is 1. The molecule has 2 rings (SSSR count). The van der Waals surface area contributed by atoms with Crippen LogP contribution in [-0.4, -0.2) is 28.4 Å². The monoisotopic (exact) mass is 451 g/mol. The van der Waals surface area contributed by atoms with E-state index in [4.69, 9.17) is 4.98 Å². The smallest absolute Gasteiger partial charge is 0.158 e. The van der Waals surface area contributed by atoms with Gasteiger partial charge in [0.15, 0.2) is 5.05 Å². The van der Waals surface area contributed by atoms with E-state index in [1.54, 1.807) is 30.6 Å². The molecule has 0 fully saturated rings. The first-order chi connectivity index (χ1) is 13.9. The van der Waals surface area contributed by atoms with E-state index in [-0.39, 0.29) is 23.3 Å². The second kappa shape index (κ2) is 11.7. The lowest BCUT2D eigenvalue weighted by Crippen LogP contribution is -2.28. The van der Waals surface area contributed by atoms with Gasteiger partial charge in [-0.3, -0.25) is 0 Å². The van der Waals surface area contributed by atoms with E-state index < -0.39 is 0 Å². The fraction of sp³-hybridized carbons (Fsp3) is 0.500. The molecule has 0 bridgehead atoms. The summed E-state index contributed by atoms with van der Waals surface area (Å²) in [5.74, 6) is -0.0258. The summed E-state index contributed by atoms with van der Waals surface area (Å²) in [4.78, 5) is 5.85. The lowest BCUT2D eigenvalue weighted by atomic mass is 9.77. The highest BCUT2D eigenvalue weighted by Crippen LogP contribution is 2.38. The van der Waals surface area contributed by atoms with E-state index >= 15 is 0 Å². The van der Waals surface area contributed by atoms with Crippen LogP contribution in [0.15, 0.2) is 30.8 Å². The SMILES string of the molecule is C=C(c1nc(-c2ccc(F)cc2)sc1C)C(C)CC(C)(C)C(C)O.CCC(=S)OC. The number of rotatable bonds is 7. The number of allylic oxidation sites excluding steroid dienone is 1. The van der Waals surface area contributed by atoms with Crippen molar-refractivity contribution in [2.45, 2.75) is 60.5 Å². The lowest BCUT2D eigenvalue weighted by Gasteiger charge is -2.31. The summed E-state index contributed by atoms with van der Waals surface area (Å²) in [6.07, 6.45) is 1.30. The minimum atomic E-state index is -0.376. The van der Waals surface area contributed by atoms with Crippen molar-refractivity contribution >= 4 is 34.2 Å². The number of thiazole rings is 1. The number of methoxy groups -OCH3 is 1. The number of hydrogen-bond acceptors (Lipinski definition) is 5. The van der Waals surface area contributed by atoms with E-state index in [2.05, 4.69) is 44.3 Å². The first-order valence-electron chi connectivity index (χ1n) is 10.1.